The van der Waals surface area contributed by atoms with Crippen molar-refractivity contribution in [2.24, 2.45) is 0 Å². The number of hydrogen-bond acceptors (Lipinski definition) is 6. The molecule has 3 aromatic heterocycles. The van der Waals surface area contributed by atoms with Gasteiger partial charge in [0.05, 0.1) is 16.4 Å². The van der Waals surface area contributed by atoms with Gasteiger partial charge in [0.1, 0.15) is 23.0 Å². The highest BCUT2D eigenvalue weighted by Gasteiger charge is 2.17. The number of aromatic nitrogens is 5. The van der Waals surface area contributed by atoms with Crippen molar-refractivity contribution in [3.63, 3.8) is 0 Å². The van der Waals surface area contributed by atoms with Crippen LogP contribution in [-0.2, 0) is 0 Å². The monoisotopic (exact) mass is 415 g/mol. The summed E-state index contributed by atoms with van der Waals surface area (Å²) in [6, 6.07) is 15.1. The fourth-order valence-corrected chi connectivity index (χ4v) is 4.11. The SMILES string of the molecule is Cc1ccc(-n2c(Sc3ncnc4ccc(F)cc34)nc3ccccc3c2=O)nc1. The Morgan fingerprint density at radius 2 is 1.80 bits per heavy atom. The van der Waals surface area contributed by atoms with E-state index in [9.17, 15) is 9.18 Å². The molecule has 0 saturated heterocycles. The molecule has 30 heavy (non-hydrogen) atoms. The van der Waals surface area contributed by atoms with E-state index in [1.165, 1.54) is 34.8 Å². The van der Waals surface area contributed by atoms with Gasteiger partial charge in [0.2, 0.25) is 0 Å². The van der Waals surface area contributed by atoms with E-state index in [0.717, 1.165) is 5.56 Å². The molecule has 5 rings (SSSR count). The number of fused-ring (bicyclic) bond motifs is 2. The summed E-state index contributed by atoms with van der Waals surface area (Å²) in [5.41, 5.74) is 1.92. The summed E-state index contributed by atoms with van der Waals surface area (Å²) < 4.78 is 15.3. The number of benzene rings is 2. The lowest BCUT2D eigenvalue weighted by Crippen LogP contribution is -2.22. The first-order chi connectivity index (χ1) is 14.6. The minimum atomic E-state index is -0.386. The average Bonchev–Trinajstić information content (AvgIpc) is 2.75. The van der Waals surface area contributed by atoms with Crippen molar-refractivity contribution in [2.75, 3.05) is 0 Å². The van der Waals surface area contributed by atoms with Gasteiger partial charge >= 0.3 is 0 Å². The van der Waals surface area contributed by atoms with Crippen molar-refractivity contribution in [1.29, 1.82) is 0 Å². The maximum Gasteiger partial charge on any atom is 0.267 e. The quantitative estimate of drug-likeness (QED) is 0.323. The topological polar surface area (TPSA) is 73.6 Å². The maximum absolute atomic E-state index is 13.9. The predicted molar refractivity (Wildman–Crippen MR) is 113 cm³/mol. The molecule has 2 aromatic carbocycles. The minimum absolute atomic E-state index is 0.232. The Morgan fingerprint density at radius 1 is 0.933 bits per heavy atom. The molecule has 5 aromatic rings. The van der Waals surface area contributed by atoms with Crippen molar-refractivity contribution in [1.82, 2.24) is 24.5 Å². The number of halogens is 1. The van der Waals surface area contributed by atoms with Crippen LogP contribution >= 0.6 is 11.8 Å². The number of aryl methyl sites for hydroxylation is 1. The van der Waals surface area contributed by atoms with Crippen LogP contribution in [0.3, 0.4) is 0 Å². The third kappa shape index (κ3) is 3.21. The number of pyridine rings is 1. The summed E-state index contributed by atoms with van der Waals surface area (Å²) in [7, 11) is 0. The Morgan fingerprint density at radius 3 is 2.63 bits per heavy atom. The van der Waals surface area contributed by atoms with Crippen LogP contribution in [0.5, 0.6) is 0 Å². The Balaban J connectivity index is 1.76. The summed E-state index contributed by atoms with van der Waals surface area (Å²) in [4.78, 5) is 30.9. The van der Waals surface area contributed by atoms with Crippen LogP contribution in [0.25, 0.3) is 27.6 Å². The molecule has 0 spiro atoms. The lowest BCUT2D eigenvalue weighted by atomic mass is 10.2. The first kappa shape index (κ1) is 18.4. The van der Waals surface area contributed by atoms with Gasteiger partial charge in [-0.1, -0.05) is 18.2 Å². The highest BCUT2D eigenvalue weighted by atomic mass is 32.2. The highest BCUT2D eigenvalue weighted by molar-refractivity contribution is 7.99. The molecular formula is C22H14FN5OS. The van der Waals surface area contributed by atoms with Crippen LogP contribution in [0, 0.1) is 12.7 Å². The standard InChI is InChI=1S/C22H14FN5OS/c1-13-6-9-19(24-11-13)28-21(29)15-4-2-3-5-18(15)27-22(28)30-20-16-10-14(23)7-8-17(16)25-12-26-20/h2-12H,1H3. The smallest absolute Gasteiger partial charge is 0.267 e. The second kappa shape index (κ2) is 7.31. The first-order valence-corrected chi connectivity index (χ1v) is 9.95. The number of rotatable bonds is 3. The summed E-state index contributed by atoms with van der Waals surface area (Å²) >= 11 is 1.17. The fraction of sp³-hybridized carbons (Fsp3) is 0.0455. The summed E-state index contributed by atoms with van der Waals surface area (Å²) in [5.74, 6) is 0.0686. The van der Waals surface area contributed by atoms with Gasteiger partial charge < -0.3 is 0 Å². The van der Waals surface area contributed by atoms with Gasteiger partial charge in [0.15, 0.2) is 5.16 Å². The van der Waals surface area contributed by atoms with Crippen molar-refractivity contribution >= 4 is 33.6 Å². The van der Waals surface area contributed by atoms with Crippen LogP contribution < -0.4 is 5.56 Å². The van der Waals surface area contributed by atoms with Crippen LogP contribution in [0.2, 0.25) is 0 Å². The number of para-hydroxylation sites is 1. The third-order valence-electron chi connectivity index (χ3n) is 4.62. The number of nitrogens with zero attached hydrogens (tertiary/aromatic N) is 5. The van der Waals surface area contributed by atoms with Crippen LogP contribution in [0.1, 0.15) is 5.56 Å². The number of hydrogen-bond donors (Lipinski definition) is 0. The fourth-order valence-electron chi connectivity index (χ4n) is 3.15. The van der Waals surface area contributed by atoms with E-state index in [0.29, 0.717) is 37.8 Å². The van der Waals surface area contributed by atoms with E-state index in [4.69, 9.17) is 4.98 Å². The molecule has 0 amide bonds. The van der Waals surface area contributed by atoms with Gasteiger partial charge in [-0.15, -0.1) is 0 Å². The Kier molecular flexibility index (Phi) is 4.48. The molecule has 8 heteroatoms. The maximum atomic E-state index is 13.9. The van der Waals surface area contributed by atoms with E-state index >= 15 is 0 Å². The molecule has 0 saturated carbocycles. The summed E-state index contributed by atoms with van der Waals surface area (Å²) in [6.45, 7) is 1.93. The van der Waals surface area contributed by atoms with Gasteiger partial charge in [-0.05, 0) is 60.6 Å². The van der Waals surface area contributed by atoms with Crippen molar-refractivity contribution < 1.29 is 4.39 Å². The molecular weight excluding hydrogens is 401 g/mol. The van der Waals surface area contributed by atoms with E-state index in [2.05, 4.69) is 15.0 Å². The molecule has 0 aliphatic rings. The van der Waals surface area contributed by atoms with Crippen molar-refractivity contribution in [2.45, 2.75) is 17.1 Å². The third-order valence-corrected chi connectivity index (χ3v) is 5.59. The Bertz CT molecular complexity index is 1470. The van der Waals surface area contributed by atoms with Crippen molar-refractivity contribution in [3.8, 4) is 5.82 Å². The van der Waals surface area contributed by atoms with Crippen molar-refractivity contribution in [3.05, 3.63) is 88.9 Å². The molecule has 0 bridgehead atoms. The molecule has 0 N–H and O–H groups in total. The second-order valence-electron chi connectivity index (χ2n) is 6.69. The van der Waals surface area contributed by atoms with Crippen LogP contribution in [0.4, 0.5) is 4.39 Å². The van der Waals surface area contributed by atoms with Gasteiger partial charge in [-0.3, -0.25) is 4.79 Å². The molecule has 0 aliphatic carbocycles. The molecule has 0 fully saturated rings. The molecule has 6 nitrogen and oxygen atoms in total. The predicted octanol–water partition coefficient (Wildman–Crippen LogP) is 4.32. The van der Waals surface area contributed by atoms with Crippen LogP contribution in [-0.4, -0.2) is 24.5 Å². The second-order valence-corrected chi connectivity index (χ2v) is 7.64. The van der Waals surface area contributed by atoms with E-state index in [1.54, 1.807) is 36.5 Å². The van der Waals surface area contributed by atoms with Gasteiger partial charge in [-0.2, -0.15) is 0 Å². The summed E-state index contributed by atoms with van der Waals surface area (Å²) in [6.07, 6.45) is 3.11. The average molecular weight is 415 g/mol. The molecule has 146 valence electrons. The summed E-state index contributed by atoms with van der Waals surface area (Å²) in [5, 5.41) is 1.93. The van der Waals surface area contributed by atoms with Crippen LogP contribution in [0.15, 0.2) is 82.1 Å². The largest absolute Gasteiger partial charge is 0.268 e. The zero-order chi connectivity index (χ0) is 20.7. The van der Waals surface area contributed by atoms with Gasteiger partial charge in [-0.25, -0.2) is 28.9 Å². The molecule has 0 unspecified atom stereocenters. The Labute approximate surface area is 174 Å². The van der Waals surface area contributed by atoms with Gasteiger partial charge in [0, 0.05) is 11.6 Å². The molecule has 3 heterocycles. The van der Waals surface area contributed by atoms with E-state index in [1.807, 2.05) is 19.1 Å². The zero-order valence-corrected chi connectivity index (χ0v) is 16.6. The molecule has 0 aliphatic heterocycles. The van der Waals surface area contributed by atoms with Gasteiger partial charge in [0.25, 0.3) is 5.56 Å². The zero-order valence-electron chi connectivity index (χ0n) is 15.8. The molecule has 0 atom stereocenters. The molecule has 0 radical (unpaired) electrons. The normalized spacial score (nSPS) is 11.3. The lowest BCUT2D eigenvalue weighted by Gasteiger charge is -2.13. The van der Waals surface area contributed by atoms with E-state index < -0.39 is 0 Å². The Hall–Kier alpha value is -3.65. The lowest BCUT2D eigenvalue weighted by molar-refractivity contribution is 0.629. The van der Waals surface area contributed by atoms with E-state index in [-0.39, 0.29) is 11.4 Å². The minimum Gasteiger partial charge on any atom is -0.268 e. The first-order valence-electron chi connectivity index (χ1n) is 9.13. The highest BCUT2D eigenvalue weighted by Crippen LogP contribution is 2.31.